The molecule has 0 saturated carbocycles. The van der Waals surface area contributed by atoms with Crippen LogP contribution < -0.4 is 10.0 Å². The Bertz CT molecular complexity index is 617. The van der Waals surface area contributed by atoms with Crippen molar-refractivity contribution < 1.29 is 22.7 Å². The predicted molar refractivity (Wildman–Crippen MR) is 77.1 cm³/mol. The zero-order valence-electron chi connectivity index (χ0n) is 12.1. The van der Waals surface area contributed by atoms with Gasteiger partial charge < -0.3 is 10.4 Å². The molecule has 0 bridgehead atoms. The number of hydrogen-bond donors (Lipinski definition) is 3. The molecule has 0 amide bonds. The molecular weight excluding hydrogens is 299 g/mol. The van der Waals surface area contributed by atoms with Crippen LogP contribution in [0.25, 0.3) is 0 Å². The number of hydrogen-bond acceptors (Lipinski definition) is 4. The van der Waals surface area contributed by atoms with Gasteiger partial charge in [0.15, 0.2) is 0 Å². The van der Waals surface area contributed by atoms with E-state index in [0.717, 1.165) is 6.07 Å². The standard InChI is InChI=1S/C13H19FN2O4S/c1-8(2)6-12(13(17)18)16-11-5-4-9(7-10(11)14)21(19,20)15-3/h4-5,7-8,12,15-16H,6H2,1-3H3,(H,17,18). The first-order valence-electron chi connectivity index (χ1n) is 6.39. The topological polar surface area (TPSA) is 95.5 Å². The number of halogens is 1. The van der Waals surface area contributed by atoms with E-state index in [4.69, 9.17) is 5.11 Å². The smallest absolute Gasteiger partial charge is 0.326 e. The first-order valence-corrected chi connectivity index (χ1v) is 7.88. The molecule has 1 rings (SSSR count). The molecule has 1 atom stereocenters. The molecule has 0 aliphatic carbocycles. The number of aliphatic carboxylic acids is 1. The Labute approximate surface area is 123 Å². The molecule has 0 radical (unpaired) electrons. The molecule has 0 aliphatic heterocycles. The second kappa shape index (κ2) is 6.86. The second-order valence-electron chi connectivity index (χ2n) is 5.01. The van der Waals surface area contributed by atoms with Crippen LogP contribution in [0.2, 0.25) is 0 Å². The van der Waals surface area contributed by atoms with Crippen LogP contribution >= 0.6 is 0 Å². The van der Waals surface area contributed by atoms with Gasteiger partial charge >= 0.3 is 5.97 Å². The van der Waals surface area contributed by atoms with Crippen molar-refractivity contribution in [3.63, 3.8) is 0 Å². The third-order valence-electron chi connectivity index (χ3n) is 2.85. The minimum atomic E-state index is -3.74. The highest BCUT2D eigenvalue weighted by Gasteiger charge is 2.21. The van der Waals surface area contributed by atoms with Crippen molar-refractivity contribution in [2.45, 2.75) is 31.2 Å². The summed E-state index contributed by atoms with van der Waals surface area (Å²) in [5, 5.41) is 11.7. The number of anilines is 1. The average Bonchev–Trinajstić information content (AvgIpc) is 2.39. The first kappa shape index (κ1) is 17.4. The summed E-state index contributed by atoms with van der Waals surface area (Å²) in [6.45, 7) is 3.72. The van der Waals surface area contributed by atoms with Gasteiger partial charge in [0.2, 0.25) is 10.0 Å². The quantitative estimate of drug-likeness (QED) is 0.710. The maximum atomic E-state index is 13.9. The van der Waals surface area contributed by atoms with E-state index in [1.807, 2.05) is 13.8 Å². The fourth-order valence-corrected chi connectivity index (χ4v) is 2.52. The van der Waals surface area contributed by atoms with Crippen molar-refractivity contribution in [2.24, 2.45) is 5.92 Å². The average molecular weight is 318 g/mol. The summed E-state index contributed by atoms with van der Waals surface area (Å²) in [6, 6.07) is 2.34. The van der Waals surface area contributed by atoms with Gasteiger partial charge in [-0.05, 0) is 37.6 Å². The largest absolute Gasteiger partial charge is 0.480 e. The second-order valence-corrected chi connectivity index (χ2v) is 6.90. The van der Waals surface area contributed by atoms with Gasteiger partial charge in [-0.2, -0.15) is 0 Å². The molecule has 1 unspecified atom stereocenters. The number of carbonyl (C=O) groups is 1. The van der Waals surface area contributed by atoms with E-state index in [0.29, 0.717) is 6.42 Å². The lowest BCUT2D eigenvalue weighted by Crippen LogP contribution is -2.31. The maximum Gasteiger partial charge on any atom is 0.326 e. The fraction of sp³-hybridized carbons (Fsp3) is 0.462. The van der Waals surface area contributed by atoms with E-state index in [-0.39, 0.29) is 16.5 Å². The van der Waals surface area contributed by atoms with Crippen LogP contribution in [0, 0.1) is 11.7 Å². The molecule has 1 aromatic rings. The molecule has 6 nitrogen and oxygen atoms in total. The number of carboxylic acid groups (broad SMARTS) is 1. The Balaban J connectivity index is 3.02. The van der Waals surface area contributed by atoms with Crippen molar-refractivity contribution >= 4 is 21.7 Å². The molecule has 0 aromatic heterocycles. The monoisotopic (exact) mass is 318 g/mol. The Morgan fingerprint density at radius 2 is 2.00 bits per heavy atom. The zero-order chi connectivity index (χ0) is 16.2. The van der Waals surface area contributed by atoms with Gasteiger partial charge in [0.05, 0.1) is 10.6 Å². The van der Waals surface area contributed by atoms with Gasteiger partial charge in [-0.15, -0.1) is 0 Å². The summed E-state index contributed by atoms with van der Waals surface area (Å²) in [6.07, 6.45) is 0.325. The van der Waals surface area contributed by atoms with E-state index in [9.17, 15) is 17.6 Å². The Hall–Kier alpha value is -1.67. The normalized spacial score (nSPS) is 13.2. The zero-order valence-corrected chi connectivity index (χ0v) is 12.9. The van der Waals surface area contributed by atoms with Crippen LogP contribution in [0.3, 0.4) is 0 Å². The van der Waals surface area contributed by atoms with Crippen molar-refractivity contribution in [1.29, 1.82) is 0 Å². The van der Waals surface area contributed by atoms with Gasteiger partial charge in [0.25, 0.3) is 0 Å². The molecule has 0 spiro atoms. The molecule has 21 heavy (non-hydrogen) atoms. The number of nitrogens with one attached hydrogen (secondary N) is 2. The highest BCUT2D eigenvalue weighted by atomic mass is 32.2. The van der Waals surface area contributed by atoms with E-state index >= 15 is 0 Å². The summed E-state index contributed by atoms with van der Waals surface area (Å²) < 4.78 is 39.1. The van der Waals surface area contributed by atoms with Crippen LogP contribution in [-0.2, 0) is 14.8 Å². The van der Waals surface area contributed by atoms with E-state index < -0.39 is 27.9 Å². The van der Waals surface area contributed by atoms with Gasteiger partial charge in [-0.1, -0.05) is 13.8 Å². The summed E-state index contributed by atoms with van der Waals surface area (Å²) in [7, 11) is -2.51. The third-order valence-corrected chi connectivity index (χ3v) is 4.27. The highest BCUT2D eigenvalue weighted by Crippen LogP contribution is 2.21. The van der Waals surface area contributed by atoms with Gasteiger partial charge in [0, 0.05) is 0 Å². The summed E-state index contributed by atoms with van der Waals surface area (Å²) >= 11 is 0. The fourth-order valence-electron chi connectivity index (χ4n) is 1.78. The van der Waals surface area contributed by atoms with Crippen LogP contribution in [0.1, 0.15) is 20.3 Å². The van der Waals surface area contributed by atoms with Crippen molar-refractivity contribution in [2.75, 3.05) is 12.4 Å². The first-order chi connectivity index (χ1) is 9.67. The Kier molecular flexibility index (Phi) is 5.68. The van der Waals surface area contributed by atoms with Crippen LogP contribution in [-0.4, -0.2) is 32.6 Å². The number of benzene rings is 1. The molecular formula is C13H19FN2O4S. The van der Waals surface area contributed by atoms with Gasteiger partial charge in [-0.3, -0.25) is 0 Å². The summed E-state index contributed by atoms with van der Waals surface area (Å²) in [5.74, 6) is -1.79. The molecule has 0 saturated heterocycles. The van der Waals surface area contributed by atoms with Crippen molar-refractivity contribution in [3.05, 3.63) is 24.0 Å². The third kappa shape index (κ3) is 4.68. The molecule has 0 aliphatic rings. The lowest BCUT2D eigenvalue weighted by molar-refractivity contribution is -0.138. The van der Waals surface area contributed by atoms with Gasteiger partial charge in [-0.25, -0.2) is 22.3 Å². The molecule has 3 N–H and O–H groups in total. The molecule has 1 aromatic carbocycles. The summed E-state index contributed by atoms with van der Waals surface area (Å²) in [4.78, 5) is 10.9. The van der Waals surface area contributed by atoms with Crippen LogP contribution in [0.4, 0.5) is 10.1 Å². The molecule has 8 heteroatoms. The van der Waals surface area contributed by atoms with Crippen LogP contribution in [0.15, 0.2) is 23.1 Å². The number of rotatable bonds is 7. The van der Waals surface area contributed by atoms with E-state index in [2.05, 4.69) is 10.0 Å². The van der Waals surface area contributed by atoms with E-state index in [1.165, 1.54) is 19.2 Å². The minimum Gasteiger partial charge on any atom is -0.480 e. The number of carboxylic acids is 1. The Morgan fingerprint density at radius 3 is 2.43 bits per heavy atom. The lowest BCUT2D eigenvalue weighted by atomic mass is 10.0. The van der Waals surface area contributed by atoms with Crippen molar-refractivity contribution in [3.8, 4) is 0 Å². The molecule has 118 valence electrons. The SMILES string of the molecule is CNS(=O)(=O)c1ccc(NC(CC(C)C)C(=O)O)c(F)c1. The summed E-state index contributed by atoms with van der Waals surface area (Å²) in [5.41, 5.74) is -0.0434. The minimum absolute atomic E-state index is 0.0434. The highest BCUT2D eigenvalue weighted by molar-refractivity contribution is 7.89. The van der Waals surface area contributed by atoms with Gasteiger partial charge in [0.1, 0.15) is 11.9 Å². The van der Waals surface area contributed by atoms with Crippen LogP contribution in [0.5, 0.6) is 0 Å². The predicted octanol–water partition coefficient (Wildman–Crippen LogP) is 1.65. The van der Waals surface area contributed by atoms with E-state index in [1.54, 1.807) is 0 Å². The molecule has 0 fully saturated rings. The molecule has 0 heterocycles. The lowest BCUT2D eigenvalue weighted by Gasteiger charge is -2.18. The Morgan fingerprint density at radius 1 is 1.38 bits per heavy atom. The number of sulfonamides is 1. The maximum absolute atomic E-state index is 13.9. The van der Waals surface area contributed by atoms with Crippen molar-refractivity contribution in [1.82, 2.24) is 4.72 Å².